The predicted octanol–water partition coefficient (Wildman–Crippen LogP) is 1.06. The van der Waals surface area contributed by atoms with Crippen molar-refractivity contribution in [2.75, 3.05) is 6.54 Å². The van der Waals surface area contributed by atoms with E-state index in [0.29, 0.717) is 25.3 Å². The van der Waals surface area contributed by atoms with E-state index in [1.54, 1.807) is 0 Å². The van der Waals surface area contributed by atoms with Crippen molar-refractivity contribution in [2.45, 2.75) is 26.7 Å². The number of amides is 1. The lowest BCUT2D eigenvalue weighted by Gasteiger charge is -2.05. The largest absolute Gasteiger partial charge is 0.356 e. The number of rotatable bonds is 4. The monoisotopic (exact) mass is 154 g/mol. The SMILES string of the molecule is CC(C)CNC(=O)CCC#N. The van der Waals surface area contributed by atoms with Gasteiger partial charge in [-0.15, -0.1) is 0 Å². The molecule has 0 aromatic heterocycles. The third-order valence-electron chi connectivity index (χ3n) is 1.17. The summed E-state index contributed by atoms with van der Waals surface area (Å²) < 4.78 is 0. The first kappa shape index (κ1) is 9.96. The second-order valence-corrected chi connectivity index (χ2v) is 2.86. The van der Waals surface area contributed by atoms with Crippen molar-refractivity contribution >= 4 is 5.91 Å². The van der Waals surface area contributed by atoms with Crippen molar-refractivity contribution in [1.82, 2.24) is 5.32 Å². The van der Waals surface area contributed by atoms with Gasteiger partial charge in [0.2, 0.25) is 5.91 Å². The summed E-state index contributed by atoms with van der Waals surface area (Å²) in [6.07, 6.45) is 0.632. The fraction of sp³-hybridized carbons (Fsp3) is 0.750. The Labute approximate surface area is 67.4 Å². The van der Waals surface area contributed by atoms with Gasteiger partial charge in [0, 0.05) is 19.4 Å². The van der Waals surface area contributed by atoms with Gasteiger partial charge < -0.3 is 5.32 Å². The highest BCUT2D eigenvalue weighted by atomic mass is 16.1. The Hall–Kier alpha value is -1.04. The van der Waals surface area contributed by atoms with Gasteiger partial charge in [0.25, 0.3) is 0 Å². The summed E-state index contributed by atoms with van der Waals surface area (Å²) in [7, 11) is 0. The van der Waals surface area contributed by atoms with Crippen LogP contribution in [0.3, 0.4) is 0 Å². The van der Waals surface area contributed by atoms with E-state index in [0.717, 1.165) is 0 Å². The van der Waals surface area contributed by atoms with Crippen molar-refractivity contribution in [2.24, 2.45) is 5.92 Å². The zero-order valence-electron chi connectivity index (χ0n) is 7.05. The van der Waals surface area contributed by atoms with Crippen LogP contribution in [-0.4, -0.2) is 12.5 Å². The summed E-state index contributed by atoms with van der Waals surface area (Å²) in [5.41, 5.74) is 0. The smallest absolute Gasteiger partial charge is 0.221 e. The second-order valence-electron chi connectivity index (χ2n) is 2.86. The van der Waals surface area contributed by atoms with Crippen LogP contribution < -0.4 is 5.32 Å². The third-order valence-corrected chi connectivity index (χ3v) is 1.17. The average molecular weight is 154 g/mol. The summed E-state index contributed by atoms with van der Waals surface area (Å²) in [4.78, 5) is 10.8. The number of hydrogen-bond acceptors (Lipinski definition) is 2. The van der Waals surface area contributed by atoms with Crippen LogP contribution in [0.5, 0.6) is 0 Å². The molecule has 0 spiro atoms. The third kappa shape index (κ3) is 6.85. The highest BCUT2D eigenvalue weighted by Gasteiger charge is 2.00. The zero-order chi connectivity index (χ0) is 8.69. The van der Waals surface area contributed by atoms with E-state index in [9.17, 15) is 4.79 Å². The Morgan fingerprint density at radius 2 is 2.27 bits per heavy atom. The van der Waals surface area contributed by atoms with E-state index < -0.39 is 0 Å². The van der Waals surface area contributed by atoms with Crippen molar-refractivity contribution in [3.8, 4) is 6.07 Å². The molecule has 0 saturated carbocycles. The fourth-order valence-corrected chi connectivity index (χ4v) is 0.576. The molecular weight excluding hydrogens is 140 g/mol. The van der Waals surface area contributed by atoms with Crippen LogP contribution in [0.25, 0.3) is 0 Å². The maximum absolute atomic E-state index is 10.8. The Morgan fingerprint density at radius 3 is 2.73 bits per heavy atom. The molecule has 0 rings (SSSR count). The summed E-state index contributed by atoms with van der Waals surface area (Å²) in [6, 6.07) is 1.93. The molecule has 1 N–H and O–H groups in total. The normalized spacial score (nSPS) is 9.27. The summed E-state index contributed by atoms with van der Waals surface area (Å²) in [5, 5.41) is 10.9. The van der Waals surface area contributed by atoms with Crippen LogP contribution in [-0.2, 0) is 4.79 Å². The maximum atomic E-state index is 10.8. The van der Waals surface area contributed by atoms with Gasteiger partial charge in [0.15, 0.2) is 0 Å². The Morgan fingerprint density at radius 1 is 1.64 bits per heavy atom. The molecule has 0 aliphatic heterocycles. The maximum Gasteiger partial charge on any atom is 0.221 e. The molecular formula is C8H14N2O. The molecule has 0 saturated heterocycles. The van der Waals surface area contributed by atoms with Gasteiger partial charge in [-0.2, -0.15) is 5.26 Å². The number of nitriles is 1. The Kier molecular flexibility index (Phi) is 5.18. The molecule has 0 aliphatic rings. The van der Waals surface area contributed by atoms with E-state index in [1.807, 2.05) is 19.9 Å². The molecule has 0 bridgehead atoms. The molecule has 1 amide bonds. The van der Waals surface area contributed by atoms with Gasteiger partial charge >= 0.3 is 0 Å². The number of nitrogens with one attached hydrogen (secondary N) is 1. The average Bonchev–Trinajstić information content (AvgIpc) is 1.97. The molecule has 3 heteroatoms. The standard InChI is InChI=1S/C8H14N2O/c1-7(2)6-10-8(11)4-3-5-9/h7H,3-4,6H2,1-2H3,(H,10,11). The number of nitrogens with zero attached hydrogens (tertiary/aromatic N) is 1. The first-order valence-corrected chi connectivity index (χ1v) is 3.80. The number of hydrogen-bond donors (Lipinski definition) is 1. The van der Waals surface area contributed by atoms with Crippen molar-refractivity contribution in [3.05, 3.63) is 0 Å². The van der Waals surface area contributed by atoms with Crippen LogP contribution in [0.2, 0.25) is 0 Å². The van der Waals surface area contributed by atoms with Gasteiger partial charge in [-0.25, -0.2) is 0 Å². The topological polar surface area (TPSA) is 52.9 Å². The van der Waals surface area contributed by atoms with Crippen LogP contribution >= 0.6 is 0 Å². The van der Waals surface area contributed by atoms with Crippen LogP contribution in [0.1, 0.15) is 26.7 Å². The van der Waals surface area contributed by atoms with Crippen molar-refractivity contribution < 1.29 is 4.79 Å². The van der Waals surface area contributed by atoms with Gasteiger partial charge in [0.1, 0.15) is 0 Å². The highest BCUT2D eigenvalue weighted by Crippen LogP contribution is 1.90. The van der Waals surface area contributed by atoms with Gasteiger partial charge in [-0.1, -0.05) is 13.8 Å². The van der Waals surface area contributed by atoms with Gasteiger partial charge in [-0.3, -0.25) is 4.79 Å². The molecule has 0 aromatic carbocycles. The molecule has 0 atom stereocenters. The van der Waals surface area contributed by atoms with E-state index in [2.05, 4.69) is 5.32 Å². The minimum Gasteiger partial charge on any atom is -0.356 e. The van der Waals surface area contributed by atoms with Crippen molar-refractivity contribution in [1.29, 1.82) is 5.26 Å². The molecule has 62 valence electrons. The molecule has 0 radical (unpaired) electrons. The lowest BCUT2D eigenvalue weighted by Crippen LogP contribution is -2.26. The highest BCUT2D eigenvalue weighted by molar-refractivity contribution is 5.76. The zero-order valence-corrected chi connectivity index (χ0v) is 7.05. The number of carbonyl (C=O) groups is 1. The summed E-state index contributed by atoms with van der Waals surface area (Å²) in [5.74, 6) is 0.446. The van der Waals surface area contributed by atoms with E-state index in [1.165, 1.54) is 0 Å². The van der Waals surface area contributed by atoms with E-state index >= 15 is 0 Å². The van der Waals surface area contributed by atoms with Gasteiger partial charge in [-0.05, 0) is 5.92 Å². The lowest BCUT2D eigenvalue weighted by molar-refractivity contribution is -0.121. The molecule has 11 heavy (non-hydrogen) atoms. The molecule has 0 aliphatic carbocycles. The first-order chi connectivity index (χ1) is 5.16. The minimum absolute atomic E-state index is 0.0275. The number of carbonyl (C=O) groups excluding carboxylic acids is 1. The van der Waals surface area contributed by atoms with Crippen LogP contribution in [0, 0.1) is 17.2 Å². The molecule has 0 unspecified atom stereocenters. The first-order valence-electron chi connectivity index (χ1n) is 3.80. The minimum atomic E-state index is -0.0275. The Bertz CT molecular complexity index is 158. The fourth-order valence-electron chi connectivity index (χ4n) is 0.576. The van der Waals surface area contributed by atoms with Crippen LogP contribution in [0.4, 0.5) is 0 Å². The second kappa shape index (κ2) is 5.72. The Balaban J connectivity index is 3.32. The molecule has 0 fully saturated rings. The molecule has 0 heterocycles. The molecule has 3 nitrogen and oxygen atoms in total. The summed E-state index contributed by atoms with van der Waals surface area (Å²) in [6.45, 7) is 4.76. The van der Waals surface area contributed by atoms with Gasteiger partial charge in [0.05, 0.1) is 6.07 Å². The lowest BCUT2D eigenvalue weighted by atomic mass is 10.2. The van der Waals surface area contributed by atoms with E-state index in [4.69, 9.17) is 5.26 Å². The summed E-state index contributed by atoms with van der Waals surface area (Å²) >= 11 is 0. The predicted molar refractivity (Wildman–Crippen MR) is 42.7 cm³/mol. The van der Waals surface area contributed by atoms with Crippen molar-refractivity contribution in [3.63, 3.8) is 0 Å². The van der Waals surface area contributed by atoms with Crippen LogP contribution in [0.15, 0.2) is 0 Å². The quantitative estimate of drug-likeness (QED) is 0.658. The molecule has 0 aromatic rings. The van der Waals surface area contributed by atoms with E-state index in [-0.39, 0.29) is 5.91 Å².